The van der Waals surface area contributed by atoms with Crippen molar-refractivity contribution >= 4 is 21.8 Å². The molecule has 10 aromatic rings. The highest BCUT2D eigenvalue weighted by Crippen LogP contribution is 2.63. The Hall–Kier alpha value is -7.36. The maximum absolute atomic E-state index is 4.97. The molecule has 0 bridgehead atoms. The van der Waals surface area contributed by atoms with E-state index >= 15 is 0 Å². The van der Waals surface area contributed by atoms with Crippen LogP contribution in [0, 0.1) is 0 Å². The van der Waals surface area contributed by atoms with Crippen molar-refractivity contribution in [3.05, 3.63) is 223 Å². The average Bonchev–Trinajstić information content (AvgIpc) is 3.88. The van der Waals surface area contributed by atoms with Crippen LogP contribution in [0.3, 0.4) is 0 Å². The molecule has 0 amide bonds. The lowest BCUT2D eigenvalue weighted by molar-refractivity contribution is 0.790. The predicted molar refractivity (Wildman–Crippen MR) is 229 cm³/mol. The van der Waals surface area contributed by atoms with Crippen LogP contribution < -0.4 is 0 Å². The number of para-hydroxylation sites is 1. The number of fused-ring (bicyclic) bond motifs is 13. The van der Waals surface area contributed by atoms with Gasteiger partial charge in [-0.1, -0.05) is 133 Å². The topological polar surface area (TPSA) is 30.7 Å². The SMILES string of the molecule is c1ccc(-c2cccc(-n3c4ccccc4c4cc(-c5cc(-c6ccccc6)c6c(c5)C5(c7ccccc7-6)c6cccnc6-c6ncccc65)ccc43)c2)cc1. The van der Waals surface area contributed by atoms with Crippen molar-refractivity contribution in [1.29, 1.82) is 0 Å². The molecule has 0 radical (unpaired) electrons. The summed E-state index contributed by atoms with van der Waals surface area (Å²) in [6.07, 6.45) is 3.79. The molecule has 0 saturated carbocycles. The third-order valence-corrected chi connectivity index (χ3v) is 12.1. The lowest BCUT2D eigenvalue weighted by Gasteiger charge is -2.30. The number of hydrogen-bond acceptors (Lipinski definition) is 2. The van der Waals surface area contributed by atoms with Crippen LogP contribution in [-0.2, 0) is 5.41 Å². The first-order valence-electron chi connectivity index (χ1n) is 19.2. The summed E-state index contributed by atoms with van der Waals surface area (Å²) in [7, 11) is 0. The maximum atomic E-state index is 4.97. The van der Waals surface area contributed by atoms with Gasteiger partial charge in [0.05, 0.1) is 27.8 Å². The first kappa shape index (κ1) is 31.0. The van der Waals surface area contributed by atoms with Crippen molar-refractivity contribution in [3.63, 3.8) is 0 Å². The second-order valence-corrected chi connectivity index (χ2v) is 14.9. The second-order valence-electron chi connectivity index (χ2n) is 14.9. The van der Waals surface area contributed by atoms with Gasteiger partial charge in [-0.2, -0.15) is 0 Å². The Balaban J connectivity index is 1.13. The van der Waals surface area contributed by atoms with Crippen LogP contribution in [0.5, 0.6) is 0 Å². The van der Waals surface area contributed by atoms with E-state index in [0.717, 1.165) is 17.1 Å². The molecule has 3 aromatic heterocycles. The molecule has 0 atom stereocenters. The lowest BCUT2D eigenvalue weighted by Crippen LogP contribution is -2.26. The Morgan fingerprint density at radius 3 is 1.77 bits per heavy atom. The molecule has 0 fully saturated rings. The molecule has 3 heterocycles. The first-order chi connectivity index (χ1) is 27.8. The van der Waals surface area contributed by atoms with Crippen LogP contribution >= 0.6 is 0 Å². The molecule has 12 rings (SSSR count). The van der Waals surface area contributed by atoms with Gasteiger partial charge in [-0.05, 0) is 121 Å². The molecule has 2 aliphatic carbocycles. The molecule has 1 spiro atoms. The van der Waals surface area contributed by atoms with E-state index in [1.54, 1.807) is 0 Å². The van der Waals surface area contributed by atoms with Gasteiger partial charge in [0, 0.05) is 28.9 Å². The number of pyridine rings is 2. The quantitative estimate of drug-likeness (QED) is 0.182. The molecule has 2 aliphatic rings. The molecule has 0 N–H and O–H groups in total. The highest BCUT2D eigenvalue weighted by atomic mass is 15.0. The van der Waals surface area contributed by atoms with Crippen LogP contribution in [0.25, 0.3) is 83.4 Å². The lowest BCUT2D eigenvalue weighted by atomic mass is 9.70. The molecule has 0 saturated heterocycles. The third-order valence-electron chi connectivity index (χ3n) is 12.1. The van der Waals surface area contributed by atoms with Crippen molar-refractivity contribution in [2.75, 3.05) is 0 Å². The molecule has 56 heavy (non-hydrogen) atoms. The Bertz CT molecular complexity index is 3150. The second kappa shape index (κ2) is 11.8. The summed E-state index contributed by atoms with van der Waals surface area (Å²) in [6.45, 7) is 0. The Labute approximate surface area is 324 Å². The van der Waals surface area contributed by atoms with E-state index in [0.29, 0.717) is 0 Å². The highest BCUT2D eigenvalue weighted by molar-refractivity contribution is 6.11. The van der Waals surface area contributed by atoms with Gasteiger partial charge >= 0.3 is 0 Å². The van der Waals surface area contributed by atoms with Crippen LogP contribution in [0.4, 0.5) is 0 Å². The van der Waals surface area contributed by atoms with Crippen LogP contribution in [0.1, 0.15) is 22.3 Å². The van der Waals surface area contributed by atoms with Crippen molar-refractivity contribution in [2.45, 2.75) is 5.41 Å². The normalized spacial score (nSPS) is 13.1. The highest BCUT2D eigenvalue weighted by Gasteiger charge is 2.53. The fourth-order valence-corrected chi connectivity index (χ4v) is 9.82. The van der Waals surface area contributed by atoms with E-state index in [1.807, 2.05) is 12.4 Å². The van der Waals surface area contributed by atoms with Gasteiger partial charge in [0.2, 0.25) is 0 Å². The zero-order chi connectivity index (χ0) is 36.8. The van der Waals surface area contributed by atoms with Gasteiger partial charge in [0.25, 0.3) is 0 Å². The van der Waals surface area contributed by atoms with Crippen LogP contribution in [0.2, 0.25) is 0 Å². The predicted octanol–water partition coefficient (Wildman–Crippen LogP) is 12.9. The van der Waals surface area contributed by atoms with Crippen molar-refractivity contribution in [3.8, 4) is 61.6 Å². The van der Waals surface area contributed by atoms with Gasteiger partial charge < -0.3 is 4.57 Å². The van der Waals surface area contributed by atoms with Crippen LogP contribution in [0.15, 0.2) is 200 Å². The van der Waals surface area contributed by atoms with Gasteiger partial charge in [-0.25, -0.2) is 0 Å². The van der Waals surface area contributed by atoms with Gasteiger partial charge in [-0.3, -0.25) is 9.97 Å². The maximum Gasteiger partial charge on any atom is 0.0937 e. The molecule has 260 valence electrons. The van der Waals surface area contributed by atoms with Crippen molar-refractivity contribution in [1.82, 2.24) is 14.5 Å². The monoisotopic (exact) mass is 711 g/mol. The Kier molecular flexibility index (Phi) is 6.55. The molecule has 3 nitrogen and oxygen atoms in total. The summed E-state index contributed by atoms with van der Waals surface area (Å²) < 4.78 is 2.41. The first-order valence-corrected chi connectivity index (χ1v) is 19.2. The van der Waals surface area contributed by atoms with Gasteiger partial charge in [0.15, 0.2) is 0 Å². The summed E-state index contributed by atoms with van der Waals surface area (Å²) >= 11 is 0. The Morgan fingerprint density at radius 2 is 0.982 bits per heavy atom. The fourth-order valence-electron chi connectivity index (χ4n) is 9.82. The number of benzene rings is 7. The standard InChI is InChI=1S/C53H33N3/c1-3-14-34(15-4-1)36-18-11-19-39(30-36)56-48-25-10-8-20-40(48)43-31-37(26-27-49(43)56)38-32-42(35-16-5-2-6-17-35)50-41-21-7-9-22-44(41)53(47(50)33-38)45-23-12-28-54-51(45)52-46(53)24-13-29-55-52/h1-33H. The van der Waals surface area contributed by atoms with Crippen LogP contribution in [-0.4, -0.2) is 14.5 Å². The van der Waals surface area contributed by atoms with E-state index in [9.17, 15) is 0 Å². The summed E-state index contributed by atoms with van der Waals surface area (Å²) in [6, 6.07) is 68.7. The molecule has 3 heteroatoms. The summed E-state index contributed by atoms with van der Waals surface area (Å²) in [4.78, 5) is 9.95. The van der Waals surface area contributed by atoms with E-state index in [1.165, 1.54) is 88.6 Å². The summed E-state index contributed by atoms with van der Waals surface area (Å²) in [5, 5.41) is 2.46. The Morgan fingerprint density at radius 1 is 0.357 bits per heavy atom. The fraction of sp³-hybridized carbons (Fsp3) is 0.0189. The summed E-state index contributed by atoms with van der Waals surface area (Å²) in [5.74, 6) is 0. The molecule has 7 aromatic carbocycles. The zero-order valence-electron chi connectivity index (χ0n) is 30.4. The minimum atomic E-state index is -0.553. The summed E-state index contributed by atoms with van der Waals surface area (Å²) in [5.41, 5.74) is 19.6. The number of hydrogen-bond donors (Lipinski definition) is 0. The van der Waals surface area contributed by atoms with E-state index in [-0.39, 0.29) is 0 Å². The zero-order valence-corrected chi connectivity index (χ0v) is 30.4. The van der Waals surface area contributed by atoms with Gasteiger partial charge in [-0.15, -0.1) is 0 Å². The number of nitrogens with zero attached hydrogens (tertiary/aromatic N) is 3. The van der Waals surface area contributed by atoms with Crippen molar-refractivity contribution in [2.24, 2.45) is 0 Å². The minimum Gasteiger partial charge on any atom is -0.309 e. The average molecular weight is 712 g/mol. The van der Waals surface area contributed by atoms with E-state index in [4.69, 9.17) is 9.97 Å². The molecular weight excluding hydrogens is 679 g/mol. The van der Waals surface area contributed by atoms with Crippen molar-refractivity contribution < 1.29 is 0 Å². The number of rotatable bonds is 4. The van der Waals surface area contributed by atoms with Gasteiger partial charge in [0.1, 0.15) is 0 Å². The molecule has 0 unspecified atom stereocenters. The minimum absolute atomic E-state index is 0.553. The molecule has 0 aliphatic heterocycles. The number of aromatic nitrogens is 3. The smallest absolute Gasteiger partial charge is 0.0937 e. The largest absolute Gasteiger partial charge is 0.309 e. The van der Waals surface area contributed by atoms with E-state index in [2.05, 4.69) is 193 Å². The third kappa shape index (κ3) is 4.22. The molecular formula is C53H33N3. The van der Waals surface area contributed by atoms with E-state index < -0.39 is 5.41 Å².